The van der Waals surface area contributed by atoms with Crippen LogP contribution in [0.3, 0.4) is 0 Å². The largest absolute Gasteiger partial charge is 0.299 e. The van der Waals surface area contributed by atoms with Crippen LogP contribution in [0.5, 0.6) is 0 Å². The predicted molar refractivity (Wildman–Crippen MR) is 66.1 cm³/mol. The van der Waals surface area contributed by atoms with Crippen LogP contribution in [-0.2, 0) is 14.8 Å². The molecule has 0 N–H and O–H groups in total. The van der Waals surface area contributed by atoms with Gasteiger partial charge in [-0.2, -0.15) is 9.57 Å². The summed E-state index contributed by atoms with van der Waals surface area (Å²) >= 11 is 0. The number of piperidine rings is 1. The molecule has 1 aliphatic carbocycles. The van der Waals surface area contributed by atoms with Gasteiger partial charge in [0.15, 0.2) is 0 Å². The molecular formula is C12H18N2O3S. The zero-order valence-corrected chi connectivity index (χ0v) is 11.2. The summed E-state index contributed by atoms with van der Waals surface area (Å²) in [4.78, 5) is 11.7. The Morgan fingerprint density at radius 3 is 2.89 bits per heavy atom. The number of carbonyl (C=O) groups is 1. The number of rotatable bonds is 4. The molecule has 2 aliphatic rings. The van der Waals surface area contributed by atoms with Crippen LogP contribution in [0, 0.1) is 17.2 Å². The third-order valence-corrected chi connectivity index (χ3v) is 5.86. The Hall–Kier alpha value is -0.930. The number of Topliss-reactive ketones (excluding diaryl/α,β-unsaturated/α-hetero) is 1. The third-order valence-electron chi connectivity index (χ3n) is 3.89. The van der Waals surface area contributed by atoms with E-state index < -0.39 is 10.0 Å². The lowest BCUT2D eigenvalue weighted by atomic mass is 9.92. The van der Waals surface area contributed by atoms with E-state index >= 15 is 0 Å². The van der Waals surface area contributed by atoms with E-state index in [1.54, 1.807) is 0 Å². The standard InChI is InChI=1S/C12H18N2O3S/c13-7-1-2-9-18(16,17)14-8-6-12(15)10-4-3-5-11(10)14/h10-11H,1-6,8-9H2/t10-,11+/m1/s1. The first-order valence-electron chi connectivity index (χ1n) is 6.45. The summed E-state index contributed by atoms with van der Waals surface area (Å²) in [6.07, 6.45) is 3.55. The minimum Gasteiger partial charge on any atom is -0.299 e. The topological polar surface area (TPSA) is 78.2 Å². The monoisotopic (exact) mass is 270 g/mol. The maximum Gasteiger partial charge on any atom is 0.214 e. The van der Waals surface area contributed by atoms with Gasteiger partial charge < -0.3 is 0 Å². The average Bonchev–Trinajstić information content (AvgIpc) is 2.79. The predicted octanol–water partition coefficient (Wildman–Crippen LogP) is 1.06. The number of carbonyl (C=O) groups excluding carboxylic acids is 1. The van der Waals surface area contributed by atoms with E-state index in [2.05, 4.69) is 0 Å². The van der Waals surface area contributed by atoms with Crippen molar-refractivity contribution < 1.29 is 13.2 Å². The molecule has 18 heavy (non-hydrogen) atoms. The molecule has 100 valence electrons. The SMILES string of the molecule is N#CCCCS(=O)(=O)N1CCC(=O)[C@@H]2CCC[C@@H]21. The fourth-order valence-electron chi connectivity index (χ4n) is 3.03. The second kappa shape index (κ2) is 5.37. The quantitative estimate of drug-likeness (QED) is 0.716. The van der Waals surface area contributed by atoms with Gasteiger partial charge in [0, 0.05) is 31.3 Å². The Bertz CT molecular complexity index is 466. The maximum absolute atomic E-state index is 12.2. The first kappa shape index (κ1) is 13.5. The first-order valence-corrected chi connectivity index (χ1v) is 8.06. The lowest BCUT2D eigenvalue weighted by Crippen LogP contribution is -2.50. The molecule has 1 saturated carbocycles. The van der Waals surface area contributed by atoms with Crippen molar-refractivity contribution in [1.82, 2.24) is 4.31 Å². The van der Waals surface area contributed by atoms with Gasteiger partial charge in [-0.3, -0.25) is 4.79 Å². The van der Waals surface area contributed by atoms with E-state index in [1.807, 2.05) is 6.07 Å². The molecule has 6 heteroatoms. The average molecular weight is 270 g/mol. The number of nitriles is 1. The Balaban J connectivity index is 2.08. The number of hydrogen-bond donors (Lipinski definition) is 0. The van der Waals surface area contributed by atoms with E-state index in [1.165, 1.54) is 4.31 Å². The van der Waals surface area contributed by atoms with E-state index in [0.717, 1.165) is 19.3 Å². The van der Waals surface area contributed by atoms with Crippen LogP contribution in [0.4, 0.5) is 0 Å². The highest BCUT2D eigenvalue weighted by atomic mass is 32.2. The normalized spacial score (nSPS) is 28.9. The van der Waals surface area contributed by atoms with Crippen LogP contribution >= 0.6 is 0 Å². The summed E-state index contributed by atoms with van der Waals surface area (Å²) in [6.45, 7) is 0.328. The van der Waals surface area contributed by atoms with Crippen molar-refractivity contribution in [1.29, 1.82) is 5.26 Å². The molecule has 1 saturated heterocycles. The summed E-state index contributed by atoms with van der Waals surface area (Å²) in [5.74, 6) is 0.170. The summed E-state index contributed by atoms with van der Waals surface area (Å²) in [6, 6.07) is 1.85. The summed E-state index contributed by atoms with van der Waals surface area (Å²) in [5.41, 5.74) is 0. The van der Waals surface area contributed by atoms with E-state index in [9.17, 15) is 13.2 Å². The van der Waals surface area contributed by atoms with Crippen molar-refractivity contribution in [3.8, 4) is 6.07 Å². The molecule has 0 amide bonds. The fourth-order valence-corrected chi connectivity index (χ4v) is 4.81. The molecule has 0 spiro atoms. The van der Waals surface area contributed by atoms with Gasteiger partial charge in [-0.1, -0.05) is 6.42 Å². The molecule has 2 rings (SSSR count). The Morgan fingerprint density at radius 2 is 2.17 bits per heavy atom. The van der Waals surface area contributed by atoms with Crippen LogP contribution in [0.25, 0.3) is 0 Å². The molecule has 0 aromatic heterocycles. The molecule has 1 heterocycles. The fraction of sp³-hybridized carbons (Fsp3) is 0.833. The molecule has 1 aliphatic heterocycles. The number of unbranched alkanes of at least 4 members (excludes halogenated alkanes) is 1. The minimum atomic E-state index is -3.30. The second-order valence-corrected chi connectivity index (χ2v) is 7.05. The molecule has 2 fully saturated rings. The number of fused-ring (bicyclic) bond motifs is 1. The van der Waals surface area contributed by atoms with E-state index in [-0.39, 0.29) is 29.9 Å². The second-order valence-electron chi connectivity index (χ2n) is 5.01. The Morgan fingerprint density at radius 1 is 1.39 bits per heavy atom. The molecule has 2 atom stereocenters. The van der Waals surface area contributed by atoms with Gasteiger partial charge in [-0.15, -0.1) is 0 Å². The van der Waals surface area contributed by atoms with Gasteiger partial charge in [0.2, 0.25) is 10.0 Å². The Kier molecular flexibility index (Phi) is 4.03. The van der Waals surface area contributed by atoms with Gasteiger partial charge in [0.05, 0.1) is 11.8 Å². The highest BCUT2D eigenvalue weighted by Gasteiger charge is 2.44. The van der Waals surface area contributed by atoms with E-state index in [4.69, 9.17) is 5.26 Å². The summed E-state index contributed by atoms with van der Waals surface area (Å²) in [5, 5.41) is 8.46. The first-order chi connectivity index (χ1) is 8.56. The van der Waals surface area contributed by atoms with Crippen molar-refractivity contribution in [2.24, 2.45) is 5.92 Å². The van der Waals surface area contributed by atoms with Crippen molar-refractivity contribution in [3.63, 3.8) is 0 Å². The summed E-state index contributed by atoms with van der Waals surface area (Å²) < 4.78 is 26.0. The number of ketones is 1. The zero-order chi connectivity index (χ0) is 13.2. The maximum atomic E-state index is 12.2. The number of sulfonamides is 1. The lowest BCUT2D eigenvalue weighted by Gasteiger charge is -2.35. The van der Waals surface area contributed by atoms with Gasteiger partial charge in [0.1, 0.15) is 5.78 Å². The van der Waals surface area contributed by atoms with Gasteiger partial charge in [-0.05, 0) is 19.3 Å². The highest BCUT2D eigenvalue weighted by Crippen LogP contribution is 2.36. The minimum absolute atomic E-state index is 0.0258. The van der Waals surface area contributed by atoms with Crippen LogP contribution in [0.1, 0.15) is 38.5 Å². The van der Waals surface area contributed by atoms with Gasteiger partial charge in [0.25, 0.3) is 0 Å². The lowest BCUT2D eigenvalue weighted by molar-refractivity contribution is -0.126. The zero-order valence-electron chi connectivity index (χ0n) is 10.3. The smallest absolute Gasteiger partial charge is 0.214 e. The molecular weight excluding hydrogens is 252 g/mol. The van der Waals surface area contributed by atoms with Crippen molar-refractivity contribution >= 4 is 15.8 Å². The molecule has 0 aromatic rings. The van der Waals surface area contributed by atoms with Crippen molar-refractivity contribution in [2.45, 2.75) is 44.6 Å². The third kappa shape index (κ3) is 2.57. The van der Waals surface area contributed by atoms with Crippen LogP contribution < -0.4 is 0 Å². The molecule has 0 unspecified atom stereocenters. The highest BCUT2D eigenvalue weighted by molar-refractivity contribution is 7.89. The number of nitrogens with zero attached hydrogens (tertiary/aromatic N) is 2. The summed E-state index contributed by atoms with van der Waals surface area (Å²) in [7, 11) is -3.30. The van der Waals surface area contributed by atoms with Crippen LogP contribution in [0.15, 0.2) is 0 Å². The number of hydrogen-bond acceptors (Lipinski definition) is 4. The molecule has 0 radical (unpaired) electrons. The van der Waals surface area contributed by atoms with Gasteiger partial charge >= 0.3 is 0 Å². The molecule has 5 nitrogen and oxygen atoms in total. The van der Waals surface area contributed by atoms with Crippen LogP contribution in [0.2, 0.25) is 0 Å². The van der Waals surface area contributed by atoms with Gasteiger partial charge in [-0.25, -0.2) is 8.42 Å². The van der Waals surface area contributed by atoms with Crippen LogP contribution in [-0.4, -0.2) is 36.8 Å². The van der Waals surface area contributed by atoms with E-state index in [0.29, 0.717) is 19.4 Å². The van der Waals surface area contributed by atoms with Crippen molar-refractivity contribution in [3.05, 3.63) is 0 Å². The molecule has 0 aromatic carbocycles. The Labute approximate surface area is 108 Å². The molecule has 0 bridgehead atoms. The van der Waals surface area contributed by atoms with Crippen molar-refractivity contribution in [2.75, 3.05) is 12.3 Å².